The van der Waals surface area contributed by atoms with Gasteiger partial charge in [-0.1, -0.05) is 12.1 Å². The number of sulfonamides is 1. The summed E-state index contributed by atoms with van der Waals surface area (Å²) in [6.45, 7) is 6.43. The third-order valence-corrected chi connectivity index (χ3v) is 5.26. The molecule has 1 aliphatic heterocycles. The number of nitrogens with zero attached hydrogens (tertiary/aromatic N) is 2. The Kier molecular flexibility index (Phi) is 10.7. The van der Waals surface area contributed by atoms with E-state index in [0.29, 0.717) is 38.7 Å². The molecule has 0 aromatic heterocycles. The second-order valence-electron chi connectivity index (χ2n) is 6.49. The van der Waals surface area contributed by atoms with Gasteiger partial charge in [0.25, 0.3) is 0 Å². The van der Waals surface area contributed by atoms with Gasteiger partial charge in [-0.15, -0.1) is 24.0 Å². The zero-order chi connectivity index (χ0) is 20.6. The minimum absolute atomic E-state index is 0. The molecule has 0 saturated carbocycles. The molecule has 0 unspecified atom stereocenters. The second kappa shape index (κ2) is 12.2. The molecule has 1 aromatic carbocycles. The van der Waals surface area contributed by atoms with E-state index in [1.165, 1.54) is 12.1 Å². The van der Waals surface area contributed by atoms with Gasteiger partial charge in [-0.25, -0.2) is 23.3 Å². The number of hydrogen-bond donors (Lipinski definition) is 3. The number of halogens is 1. The van der Waals surface area contributed by atoms with E-state index in [4.69, 9.17) is 9.88 Å². The highest BCUT2D eigenvalue weighted by Gasteiger charge is 2.24. The van der Waals surface area contributed by atoms with Crippen molar-refractivity contribution in [1.29, 1.82) is 0 Å². The van der Waals surface area contributed by atoms with Crippen LogP contribution in [0.5, 0.6) is 0 Å². The lowest BCUT2D eigenvalue weighted by molar-refractivity contribution is 0.0963. The van der Waals surface area contributed by atoms with E-state index in [2.05, 4.69) is 15.6 Å². The number of aliphatic imine (C=N–C) groups is 1. The van der Waals surface area contributed by atoms with E-state index in [1.807, 2.05) is 6.92 Å². The molecule has 1 fully saturated rings. The van der Waals surface area contributed by atoms with Crippen molar-refractivity contribution < 1.29 is 17.9 Å². The summed E-state index contributed by atoms with van der Waals surface area (Å²) in [5.41, 5.74) is 0.751. The Hall–Kier alpha value is -1.60. The van der Waals surface area contributed by atoms with E-state index in [-0.39, 0.29) is 41.0 Å². The number of nitrogens with two attached hydrogens (primary N) is 1. The fraction of sp³-hybridized carbons (Fsp3) is 0.556. The predicted octanol–water partition coefficient (Wildman–Crippen LogP) is 1.63. The molecule has 2 rings (SSSR count). The second-order valence-corrected chi connectivity index (χ2v) is 8.05. The fourth-order valence-corrected chi connectivity index (χ4v) is 3.51. The van der Waals surface area contributed by atoms with Crippen LogP contribution in [0.1, 0.15) is 32.3 Å². The zero-order valence-electron chi connectivity index (χ0n) is 16.8. The summed E-state index contributed by atoms with van der Waals surface area (Å²) in [7, 11) is -3.74. The summed E-state index contributed by atoms with van der Waals surface area (Å²) in [6, 6.07) is 6.64. The number of primary sulfonamides is 1. The minimum Gasteiger partial charge on any atom is -0.450 e. The number of carbonyl (C=O) groups excluding carboxylic acids is 1. The van der Waals surface area contributed by atoms with Gasteiger partial charge < -0.3 is 20.3 Å². The van der Waals surface area contributed by atoms with Crippen LogP contribution in [-0.2, 0) is 21.3 Å². The van der Waals surface area contributed by atoms with Crippen molar-refractivity contribution in [2.24, 2.45) is 10.1 Å². The number of nitrogens with one attached hydrogen (secondary N) is 2. The third kappa shape index (κ3) is 8.34. The number of guanidine groups is 1. The molecule has 0 bridgehead atoms. The molecule has 164 valence electrons. The maximum absolute atomic E-state index is 11.8. The molecule has 0 radical (unpaired) electrons. The van der Waals surface area contributed by atoms with Crippen LogP contribution in [0.2, 0.25) is 0 Å². The standard InChI is InChI=1S/C18H29N5O4S.HI/c1-3-20-17(21-13-14-6-5-7-16(12-14)28(19,25)26)22-15-8-10-23(11-9-15)18(24)27-4-2;/h5-7,12,15H,3-4,8-11,13H2,1-2H3,(H2,19,25,26)(H2,20,21,22);1H. The Balaban J connectivity index is 0.00000420. The van der Waals surface area contributed by atoms with Crippen molar-refractivity contribution in [3.05, 3.63) is 29.8 Å². The van der Waals surface area contributed by atoms with Crippen molar-refractivity contribution in [3.63, 3.8) is 0 Å². The molecular formula is C18H30IN5O4S. The van der Waals surface area contributed by atoms with Crippen LogP contribution in [0.15, 0.2) is 34.2 Å². The van der Waals surface area contributed by atoms with E-state index in [0.717, 1.165) is 18.4 Å². The highest BCUT2D eigenvalue weighted by atomic mass is 127. The monoisotopic (exact) mass is 539 g/mol. The molecule has 11 heteroatoms. The van der Waals surface area contributed by atoms with Gasteiger partial charge in [0.2, 0.25) is 10.0 Å². The first-order valence-corrected chi connectivity index (χ1v) is 11.0. The molecule has 9 nitrogen and oxygen atoms in total. The first-order valence-electron chi connectivity index (χ1n) is 9.41. The molecule has 1 heterocycles. The summed E-state index contributed by atoms with van der Waals surface area (Å²) in [5.74, 6) is 0.651. The van der Waals surface area contributed by atoms with Gasteiger partial charge in [-0.05, 0) is 44.4 Å². The molecule has 0 spiro atoms. The fourth-order valence-electron chi connectivity index (χ4n) is 2.93. The lowest BCUT2D eigenvalue weighted by Gasteiger charge is -2.32. The quantitative estimate of drug-likeness (QED) is 0.287. The van der Waals surface area contributed by atoms with Crippen molar-refractivity contribution in [3.8, 4) is 0 Å². The number of ether oxygens (including phenoxy) is 1. The van der Waals surface area contributed by atoms with Crippen molar-refractivity contribution >= 4 is 46.1 Å². The molecule has 1 saturated heterocycles. The molecule has 0 atom stereocenters. The lowest BCUT2D eigenvalue weighted by Crippen LogP contribution is -2.49. The SMILES string of the molecule is CCNC(=NCc1cccc(S(N)(=O)=O)c1)NC1CCN(C(=O)OCC)CC1.I. The summed E-state index contributed by atoms with van der Waals surface area (Å²) in [4.78, 5) is 18.1. The first-order chi connectivity index (χ1) is 13.3. The Morgan fingerprint density at radius 1 is 1.31 bits per heavy atom. The van der Waals surface area contributed by atoms with Gasteiger partial charge >= 0.3 is 6.09 Å². The molecule has 1 amide bonds. The van der Waals surface area contributed by atoms with Crippen LogP contribution in [0.25, 0.3) is 0 Å². The van der Waals surface area contributed by atoms with Crippen LogP contribution >= 0.6 is 24.0 Å². The smallest absolute Gasteiger partial charge is 0.409 e. The molecule has 29 heavy (non-hydrogen) atoms. The number of carbonyl (C=O) groups is 1. The van der Waals surface area contributed by atoms with E-state index in [1.54, 1.807) is 24.0 Å². The molecular weight excluding hydrogens is 509 g/mol. The molecule has 4 N–H and O–H groups in total. The Morgan fingerprint density at radius 3 is 2.59 bits per heavy atom. The topological polar surface area (TPSA) is 126 Å². The summed E-state index contributed by atoms with van der Waals surface area (Å²) in [6.07, 6.45) is 1.32. The minimum atomic E-state index is -3.74. The number of benzene rings is 1. The Labute approximate surface area is 189 Å². The lowest BCUT2D eigenvalue weighted by atomic mass is 10.1. The summed E-state index contributed by atoms with van der Waals surface area (Å²) >= 11 is 0. The number of hydrogen-bond acceptors (Lipinski definition) is 5. The molecule has 1 aliphatic rings. The zero-order valence-corrected chi connectivity index (χ0v) is 19.9. The largest absolute Gasteiger partial charge is 0.450 e. The van der Waals surface area contributed by atoms with Gasteiger partial charge in [0.15, 0.2) is 5.96 Å². The highest BCUT2D eigenvalue weighted by Crippen LogP contribution is 2.13. The van der Waals surface area contributed by atoms with Crippen molar-refractivity contribution in [1.82, 2.24) is 15.5 Å². The highest BCUT2D eigenvalue weighted by molar-refractivity contribution is 14.0. The van der Waals surface area contributed by atoms with E-state index >= 15 is 0 Å². The van der Waals surface area contributed by atoms with Crippen LogP contribution in [0.4, 0.5) is 4.79 Å². The molecule has 0 aliphatic carbocycles. The third-order valence-electron chi connectivity index (χ3n) is 4.35. The number of likely N-dealkylation sites (tertiary alicyclic amines) is 1. The maximum atomic E-state index is 11.8. The number of amides is 1. The molecule has 1 aromatic rings. The predicted molar refractivity (Wildman–Crippen MR) is 123 cm³/mol. The maximum Gasteiger partial charge on any atom is 0.409 e. The van der Waals surface area contributed by atoms with Crippen LogP contribution < -0.4 is 15.8 Å². The Bertz CT molecular complexity index is 795. The number of piperidine rings is 1. The van der Waals surface area contributed by atoms with E-state index in [9.17, 15) is 13.2 Å². The summed E-state index contributed by atoms with van der Waals surface area (Å²) in [5, 5.41) is 11.7. The van der Waals surface area contributed by atoms with Crippen LogP contribution in [-0.4, -0.2) is 57.7 Å². The van der Waals surface area contributed by atoms with Gasteiger partial charge in [-0.3, -0.25) is 0 Å². The van der Waals surface area contributed by atoms with Gasteiger partial charge in [0.1, 0.15) is 0 Å². The Morgan fingerprint density at radius 2 is 2.00 bits per heavy atom. The van der Waals surface area contributed by atoms with Crippen LogP contribution in [0, 0.1) is 0 Å². The van der Waals surface area contributed by atoms with Crippen molar-refractivity contribution in [2.45, 2.75) is 44.2 Å². The van der Waals surface area contributed by atoms with Crippen LogP contribution in [0.3, 0.4) is 0 Å². The van der Waals surface area contributed by atoms with E-state index < -0.39 is 10.0 Å². The van der Waals surface area contributed by atoms with Gasteiger partial charge in [0.05, 0.1) is 18.0 Å². The normalized spacial score (nSPS) is 15.4. The van der Waals surface area contributed by atoms with Gasteiger partial charge in [0, 0.05) is 25.7 Å². The average Bonchev–Trinajstić information content (AvgIpc) is 2.66. The number of rotatable bonds is 6. The average molecular weight is 539 g/mol. The van der Waals surface area contributed by atoms with Crippen molar-refractivity contribution in [2.75, 3.05) is 26.2 Å². The summed E-state index contributed by atoms with van der Waals surface area (Å²) < 4.78 is 28.0. The van der Waals surface area contributed by atoms with Gasteiger partial charge in [-0.2, -0.15) is 0 Å². The first kappa shape index (κ1) is 25.4.